The van der Waals surface area contributed by atoms with Gasteiger partial charge in [0.1, 0.15) is 23.0 Å². The number of nitrogens with zero attached hydrogens (tertiary/aromatic N) is 5. The number of carbonyl (C=O) groups excluding carboxylic acids is 3. The number of benzene rings is 1. The Morgan fingerprint density at radius 2 is 2.05 bits per heavy atom. The molecule has 2 aromatic heterocycles. The van der Waals surface area contributed by atoms with Crippen LogP contribution in [0.15, 0.2) is 18.7 Å². The number of nitrogen functional groups attached to an aromatic ring is 1. The lowest BCUT2D eigenvalue weighted by Gasteiger charge is -2.32. The summed E-state index contributed by atoms with van der Waals surface area (Å²) in [7, 11) is 0. The number of aromatic nitrogens is 4. The molecule has 1 aromatic carbocycles. The fourth-order valence-corrected chi connectivity index (χ4v) is 5.04. The first-order valence-corrected chi connectivity index (χ1v) is 13.2. The van der Waals surface area contributed by atoms with Gasteiger partial charge in [-0.25, -0.2) is 24.1 Å². The summed E-state index contributed by atoms with van der Waals surface area (Å²) in [5.74, 6) is -1.01. The molecule has 2 fully saturated rings. The third-order valence-electron chi connectivity index (χ3n) is 6.92. The van der Waals surface area contributed by atoms with Gasteiger partial charge in [-0.05, 0) is 46.1 Å². The number of hydrogen-bond donors (Lipinski definition) is 3. The number of fused-ring (bicyclic) bond motifs is 1. The highest BCUT2D eigenvalue weighted by Gasteiger charge is 2.48. The van der Waals surface area contributed by atoms with E-state index in [1.165, 1.54) is 18.7 Å². The number of hydrogen-bond acceptors (Lipinski definition) is 9. The molecule has 40 heavy (non-hydrogen) atoms. The van der Waals surface area contributed by atoms with E-state index in [1.807, 2.05) is 0 Å². The van der Waals surface area contributed by atoms with Crippen LogP contribution in [0.3, 0.4) is 0 Å². The molecule has 2 aliphatic rings. The predicted octanol–water partition coefficient (Wildman–Crippen LogP) is 2.81. The van der Waals surface area contributed by atoms with Gasteiger partial charge in [0, 0.05) is 23.8 Å². The number of nitrogens with one attached hydrogen (secondary N) is 2. The molecule has 1 saturated heterocycles. The molecule has 1 atom stereocenters. The highest BCUT2D eigenvalue weighted by Crippen LogP contribution is 2.37. The predicted molar refractivity (Wildman–Crippen MR) is 146 cm³/mol. The minimum atomic E-state index is -1.33. The summed E-state index contributed by atoms with van der Waals surface area (Å²) in [5, 5.41) is 5.53. The summed E-state index contributed by atoms with van der Waals surface area (Å²) >= 11 is 6.23. The molecule has 1 aliphatic heterocycles. The Balaban J connectivity index is 1.53. The monoisotopic (exact) mass is 572 g/mol. The standard InChI is InChI=1S/C26H30ClFN8O4/c1-25(2,3)40-24(39)34-26(23(38)33-14-4-5-14)6-7-35(11-26)18-8-17(27)19(28)16(10-37)15(18)9-36-13-32-20-21(29)30-12-31-22(20)36/h8,10,12-14H,4-7,9,11H2,1-3H3,(H,33,38)(H,34,39)(H2,29,30,31)/t26-/m1/s1. The molecular weight excluding hydrogens is 543 g/mol. The van der Waals surface area contributed by atoms with Crippen molar-refractivity contribution in [2.45, 2.75) is 63.8 Å². The molecule has 0 spiro atoms. The SMILES string of the molecule is CC(C)(C)OC(=O)N[C@]1(C(=O)NC2CC2)CCN(c2cc(Cl)c(F)c(C=O)c2Cn2cnc3c(N)ncnc32)C1. The fourth-order valence-electron chi connectivity index (χ4n) is 4.84. The zero-order valence-electron chi connectivity index (χ0n) is 22.3. The van der Waals surface area contributed by atoms with E-state index < -0.39 is 23.1 Å². The van der Waals surface area contributed by atoms with Crippen molar-refractivity contribution in [3.05, 3.63) is 40.7 Å². The molecule has 4 N–H and O–H groups in total. The molecule has 0 bridgehead atoms. The number of halogens is 2. The van der Waals surface area contributed by atoms with Crippen LogP contribution in [0.2, 0.25) is 5.02 Å². The third-order valence-corrected chi connectivity index (χ3v) is 7.19. The topological polar surface area (TPSA) is 157 Å². The molecule has 2 amide bonds. The van der Waals surface area contributed by atoms with Crippen LogP contribution in [0.4, 0.5) is 20.7 Å². The molecule has 3 aromatic rings. The minimum absolute atomic E-state index is 0.00170. The van der Waals surface area contributed by atoms with Crippen molar-refractivity contribution in [3.8, 4) is 0 Å². The highest BCUT2D eigenvalue weighted by molar-refractivity contribution is 6.31. The number of nitrogens with two attached hydrogens (primary N) is 1. The second kappa shape index (κ2) is 10.2. The van der Waals surface area contributed by atoms with Crippen molar-refractivity contribution in [2.24, 2.45) is 0 Å². The van der Waals surface area contributed by atoms with Crippen molar-refractivity contribution in [1.29, 1.82) is 0 Å². The molecule has 1 saturated carbocycles. The van der Waals surface area contributed by atoms with Crippen LogP contribution >= 0.6 is 11.6 Å². The van der Waals surface area contributed by atoms with Crippen LogP contribution in [0.25, 0.3) is 11.2 Å². The van der Waals surface area contributed by atoms with Crippen LogP contribution in [0.1, 0.15) is 56.0 Å². The molecule has 14 heteroatoms. The lowest BCUT2D eigenvalue weighted by atomic mass is 9.97. The van der Waals surface area contributed by atoms with E-state index in [1.54, 1.807) is 30.2 Å². The largest absolute Gasteiger partial charge is 0.444 e. The number of amides is 2. The fraction of sp³-hybridized carbons (Fsp3) is 0.462. The van der Waals surface area contributed by atoms with E-state index in [2.05, 4.69) is 25.6 Å². The molecule has 3 heterocycles. The number of ether oxygens (including phenoxy) is 1. The number of alkyl carbamates (subject to hydrolysis) is 1. The maximum absolute atomic E-state index is 15.1. The lowest BCUT2D eigenvalue weighted by Crippen LogP contribution is -2.61. The number of aldehydes is 1. The highest BCUT2D eigenvalue weighted by atomic mass is 35.5. The smallest absolute Gasteiger partial charge is 0.408 e. The number of carbonyl (C=O) groups is 3. The summed E-state index contributed by atoms with van der Waals surface area (Å²) < 4.78 is 22.2. The Morgan fingerprint density at radius 3 is 2.73 bits per heavy atom. The van der Waals surface area contributed by atoms with E-state index in [0.717, 1.165) is 12.8 Å². The molecular formula is C26H30ClFN8O4. The van der Waals surface area contributed by atoms with Gasteiger partial charge in [0.15, 0.2) is 23.6 Å². The average molecular weight is 573 g/mol. The van der Waals surface area contributed by atoms with Gasteiger partial charge in [0.25, 0.3) is 0 Å². The maximum atomic E-state index is 15.1. The first-order chi connectivity index (χ1) is 18.9. The second-order valence-corrected chi connectivity index (χ2v) is 11.5. The summed E-state index contributed by atoms with van der Waals surface area (Å²) in [6, 6.07) is 1.48. The van der Waals surface area contributed by atoms with Crippen molar-refractivity contribution in [2.75, 3.05) is 23.7 Å². The van der Waals surface area contributed by atoms with Gasteiger partial charge < -0.3 is 30.6 Å². The van der Waals surface area contributed by atoms with Crippen molar-refractivity contribution in [3.63, 3.8) is 0 Å². The molecule has 12 nitrogen and oxygen atoms in total. The number of anilines is 2. The minimum Gasteiger partial charge on any atom is -0.444 e. The van der Waals surface area contributed by atoms with Crippen molar-refractivity contribution < 1.29 is 23.5 Å². The van der Waals surface area contributed by atoms with Gasteiger partial charge in [0.2, 0.25) is 5.91 Å². The maximum Gasteiger partial charge on any atom is 0.408 e. The van der Waals surface area contributed by atoms with Crippen LogP contribution in [0.5, 0.6) is 0 Å². The summed E-state index contributed by atoms with van der Waals surface area (Å²) in [6.07, 6.45) is 4.42. The van der Waals surface area contributed by atoms with Crippen molar-refractivity contribution in [1.82, 2.24) is 30.2 Å². The van der Waals surface area contributed by atoms with E-state index in [4.69, 9.17) is 22.1 Å². The molecule has 212 valence electrons. The zero-order valence-corrected chi connectivity index (χ0v) is 23.1. The Labute approximate surface area is 234 Å². The first-order valence-electron chi connectivity index (χ1n) is 12.9. The van der Waals surface area contributed by atoms with Crippen LogP contribution < -0.4 is 21.3 Å². The van der Waals surface area contributed by atoms with E-state index in [0.29, 0.717) is 35.2 Å². The Hall–Kier alpha value is -4.00. The number of imidazole rings is 1. The van der Waals surface area contributed by atoms with Gasteiger partial charge in [-0.3, -0.25) is 9.59 Å². The lowest BCUT2D eigenvalue weighted by molar-refractivity contribution is -0.127. The van der Waals surface area contributed by atoms with Crippen molar-refractivity contribution >= 4 is 52.6 Å². The summed E-state index contributed by atoms with van der Waals surface area (Å²) in [4.78, 5) is 52.7. The first kappa shape index (κ1) is 27.6. The van der Waals surface area contributed by atoms with E-state index >= 15 is 4.39 Å². The molecule has 0 unspecified atom stereocenters. The zero-order chi connectivity index (χ0) is 28.8. The Kier molecular flexibility index (Phi) is 7.02. The molecule has 5 rings (SSSR count). The quantitative estimate of drug-likeness (QED) is 0.362. The van der Waals surface area contributed by atoms with Gasteiger partial charge in [0.05, 0.1) is 30.0 Å². The van der Waals surface area contributed by atoms with Crippen LogP contribution in [-0.2, 0) is 16.1 Å². The van der Waals surface area contributed by atoms with E-state index in [9.17, 15) is 14.4 Å². The molecule has 0 radical (unpaired) electrons. The number of rotatable bonds is 7. The van der Waals surface area contributed by atoms with Gasteiger partial charge in [-0.15, -0.1) is 0 Å². The van der Waals surface area contributed by atoms with Crippen LogP contribution in [0, 0.1) is 5.82 Å². The average Bonchev–Trinajstić information content (AvgIpc) is 3.43. The normalized spacial score (nSPS) is 19.1. The Morgan fingerprint density at radius 1 is 1.30 bits per heavy atom. The van der Waals surface area contributed by atoms with Gasteiger partial charge >= 0.3 is 6.09 Å². The Bertz CT molecular complexity index is 1500. The summed E-state index contributed by atoms with van der Waals surface area (Å²) in [6.45, 7) is 5.55. The van der Waals surface area contributed by atoms with Gasteiger partial charge in [-0.1, -0.05) is 11.6 Å². The summed E-state index contributed by atoms with van der Waals surface area (Å²) in [5.41, 5.74) is 5.10. The third kappa shape index (κ3) is 5.37. The van der Waals surface area contributed by atoms with Crippen LogP contribution in [-0.4, -0.2) is 68.1 Å². The van der Waals surface area contributed by atoms with E-state index in [-0.39, 0.29) is 47.9 Å². The molecule has 1 aliphatic carbocycles. The second-order valence-electron chi connectivity index (χ2n) is 11.1. The van der Waals surface area contributed by atoms with Gasteiger partial charge in [-0.2, -0.15) is 0 Å².